The van der Waals surface area contributed by atoms with E-state index in [4.69, 9.17) is 0 Å². The Hall–Kier alpha value is -2.28. The summed E-state index contributed by atoms with van der Waals surface area (Å²) < 4.78 is 1.53. The van der Waals surface area contributed by atoms with Gasteiger partial charge in [0.1, 0.15) is 11.9 Å². The van der Waals surface area contributed by atoms with Crippen molar-refractivity contribution in [1.29, 1.82) is 0 Å². The topological polar surface area (TPSA) is 92.9 Å². The molecule has 118 valence electrons. The molecule has 0 saturated heterocycles. The Bertz CT molecular complexity index is 597. The Morgan fingerprint density at radius 1 is 1.36 bits per heavy atom. The van der Waals surface area contributed by atoms with Gasteiger partial charge in [-0.15, -0.1) is 5.10 Å². The van der Waals surface area contributed by atoms with Crippen LogP contribution in [-0.4, -0.2) is 43.9 Å². The Kier molecular flexibility index (Phi) is 5.60. The van der Waals surface area contributed by atoms with Gasteiger partial charge in [0.15, 0.2) is 0 Å². The molecule has 7 nitrogen and oxygen atoms in total. The van der Waals surface area contributed by atoms with Crippen LogP contribution in [0.15, 0.2) is 30.3 Å². The van der Waals surface area contributed by atoms with Crippen LogP contribution in [0.2, 0.25) is 0 Å². The number of aliphatic hydroxyl groups excluding tert-OH is 1. The van der Waals surface area contributed by atoms with E-state index in [1.54, 1.807) is 13.8 Å². The third-order valence-corrected chi connectivity index (χ3v) is 3.39. The van der Waals surface area contributed by atoms with Gasteiger partial charge in [-0.25, -0.2) is 4.68 Å². The number of tetrazole rings is 1. The van der Waals surface area contributed by atoms with Gasteiger partial charge >= 0.3 is 0 Å². The second-order valence-electron chi connectivity index (χ2n) is 5.30. The third kappa shape index (κ3) is 4.36. The first-order valence-corrected chi connectivity index (χ1v) is 7.32. The van der Waals surface area contributed by atoms with E-state index in [1.807, 2.05) is 30.3 Å². The molecule has 0 saturated carbocycles. The van der Waals surface area contributed by atoms with Crippen LogP contribution < -0.4 is 5.32 Å². The molecule has 2 atom stereocenters. The Morgan fingerprint density at radius 3 is 2.68 bits per heavy atom. The monoisotopic (exact) mass is 303 g/mol. The SMILES string of the molecule is Cc1nnnn1C(Cc1ccccc1)C(=O)NCCC(C)O. The average Bonchev–Trinajstić information content (AvgIpc) is 2.91. The second kappa shape index (κ2) is 7.65. The first-order chi connectivity index (χ1) is 10.6. The lowest BCUT2D eigenvalue weighted by Crippen LogP contribution is -2.36. The van der Waals surface area contributed by atoms with Crippen molar-refractivity contribution >= 4 is 5.91 Å². The highest BCUT2D eigenvalue weighted by Gasteiger charge is 2.23. The summed E-state index contributed by atoms with van der Waals surface area (Å²) in [5, 5.41) is 23.5. The molecule has 2 aromatic rings. The minimum Gasteiger partial charge on any atom is -0.393 e. The van der Waals surface area contributed by atoms with Crippen LogP contribution in [0.3, 0.4) is 0 Å². The molecule has 2 N–H and O–H groups in total. The van der Waals surface area contributed by atoms with Crippen LogP contribution in [0.25, 0.3) is 0 Å². The predicted molar refractivity (Wildman–Crippen MR) is 81.0 cm³/mol. The summed E-state index contributed by atoms with van der Waals surface area (Å²) in [5.41, 5.74) is 1.04. The van der Waals surface area contributed by atoms with E-state index in [0.717, 1.165) is 5.56 Å². The molecule has 0 radical (unpaired) electrons. The molecule has 0 aliphatic rings. The largest absolute Gasteiger partial charge is 0.393 e. The van der Waals surface area contributed by atoms with Crippen molar-refractivity contribution in [3.8, 4) is 0 Å². The highest BCUT2D eigenvalue weighted by molar-refractivity contribution is 5.80. The Balaban J connectivity index is 2.11. The molecule has 1 aromatic carbocycles. The normalized spacial score (nSPS) is 13.6. The van der Waals surface area contributed by atoms with Gasteiger partial charge in [-0.05, 0) is 36.3 Å². The number of aliphatic hydroxyl groups is 1. The van der Waals surface area contributed by atoms with Crippen molar-refractivity contribution < 1.29 is 9.90 Å². The number of rotatable bonds is 7. The Labute approximate surface area is 129 Å². The smallest absolute Gasteiger partial charge is 0.245 e. The molecule has 1 amide bonds. The minimum absolute atomic E-state index is 0.153. The third-order valence-electron chi connectivity index (χ3n) is 3.39. The van der Waals surface area contributed by atoms with E-state index in [-0.39, 0.29) is 5.91 Å². The summed E-state index contributed by atoms with van der Waals surface area (Å²) in [5.74, 6) is 0.437. The van der Waals surface area contributed by atoms with Crippen LogP contribution in [0, 0.1) is 6.92 Å². The standard InChI is InChI=1S/C15H21N5O2/c1-11(21)8-9-16-15(22)14(20-12(2)17-18-19-20)10-13-6-4-3-5-7-13/h3-7,11,14,21H,8-10H2,1-2H3,(H,16,22). The fourth-order valence-corrected chi connectivity index (χ4v) is 2.18. The summed E-state index contributed by atoms with van der Waals surface area (Å²) in [6, 6.07) is 9.23. The number of hydrogen-bond acceptors (Lipinski definition) is 5. The van der Waals surface area contributed by atoms with E-state index >= 15 is 0 Å². The molecule has 1 aromatic heterocycles. The molecule has 22 heavy (non-hydrogen) atoms. The van der Waals surface area contributed by atoms with Crippen molar-refractivity contribution in [2.24, 2.45) is 0 Å². The van der Waals surface area contributed by atoms with Gasteiger partial charge in [0.05, 0.1) is 6.10 Å². The van der Waals surface area contributed by atoms with Crippen molar-refractivity contribution in [2.75, 3.05) is 6.54 Å². The summed E-state index contributed by atoms with van der Waals surface area (Å²) in [4.78, 5) is 12.5. The number of aryl methyl sites for hydroxylation is 1. The number of amides is 1. The molecular formula is C15H21N5O2. The first-order valence-electron chi connectivity index (χ1n) is 7.32. The predicted octanol–water partition coefficient (Wildman–Crippen LogP) is 0.652. The van der Waals surface area contributed by atoms with Gasteiger partial charge in [-0.1, -0.05) is 30.3 Å². The van der Waals surface area contributed by atoms with E-state index < -0.39 is 12.1 Å². The highest BCUT2D eigenvalue weighted by atomic mass is 16.3. The maximum atomic E-state index is 12.5. The van der Waals surface area contributed by atoms with Gasteiger partial charge in [0, 0.05) is 13.0 Å². The van der Waals surface area contributed by atoms with Crippen molar-refractivity contribution in [3.05, 3.63) is 41.7 Å². The number of benzene rings is 1. The van der Waals surface area contributed by atoms with Gasteiger partial charge in [0.2, 0.25) is 5.91 Å². The molecule has 0 spiro atoms. The Morgan fingerprint density at radius 2 is 2.09 bits per heavy atom. The van der Waals surface area contributed by atoms with Gasteiger partial charge in [-0.3, -0.25) is 4.79 Å². The van der Waals surface area contributed by atoms with Gasteiger partial charge in [0.25, 0.3) is 0 Å². The number of aromatic nitrogens is 4. The van der Waals surface area contributed by atoms with Crippen molar-refractivity contribution in [1.82, 2.24) is 25.5 Å². The maximum Gasteiger partial charge on any atom is 0.245 e. The molecule has 0 aliphatic carbocycles. The zero-order valence-corrected chi connectivity index (χ0v) is 12.8. The first kappa shape index (κ1) is 16.1. The lowest BCUT2D eigenvalue weighted by Gasteiger charge is -2.18. The van der Waals surface area contributed by atoms with Crippen LogP contribution in [0.4, 0.5) is 0 Å². The number of hydrogen-bond donors (Lipinski definition) is 2. The fraction of sp³-hybridized carbons (Fsp3) is 0.467. The molecule has 1 heterocycles. The van der Waals surface area contributed by atoms with E-state index in [2.05, 4.69) is 20.8 Å². The zero-order valence-electron chi connectivity index (χ0n) is 12.8. The molecule has 0 aliphatic heterocycles. The van der Waals surface area contributed by atoms with E-state index in [9.17, 15) is 9.90 Å². The summed E-state index contributed by atoms with van der Waals surface area (Å²) >= 11 is 0. The number of carbonyl (C=O) groups is 1. The van der Waals surface area contributed by atoms with Gasteiger partial charge < -0.3 is 10.4 Å². The molecule has 0 fully saturated rings. The lowest BCUT2D eigenvalue weighted by molar-refractivity contribution is -0.124. The zero-order chi connectivity index (χ0) is 15.9. The van der Waals surface area contributed by atoms with Crippen LogP contribution in [-0.2, 0) is 11.2 Å². The van der Waals surface area contributed by atoms with Crippen molar-refractivity contribution in [2.45, 2.75) is 38.8 Å². The summed E-state index contributed by atoms with van der Waals surface area (Å²) in [6.07, 6.45) is 0.577. The van der Waals surface area contributed by atoms with Crippen molar-refractivity contribution in [3.63, 3.8) is 0 Å². The van der Waals surface area contributed by atoms with Crippen LogP contribution >= 0.6 is 0 Å². The number of carbonyl (C=O) groups excluding carboxylic acids is 1. The fourth-order valence-electron chi connectivity index (χ4n) is 2.18. The summed E-state index contributed by atoms with van der Waals surface area (Å²) in [7, 11) is 0. The number of nitrogens with one attached hydrogen (secondary N) is 1. The van der Waals surface area contributed by atoms with Crippen LogP contribution in [0.1, 0.15) is 30.8 Å². The quantitative estimate of drug-likeness (QED) is 0.783. The summed E-state index contributed by atoms with van der Waals surface area (Å²) in [6.45, 7) is 3.88. The van der Waals surface area contributed by atoms with Crippen LogP contribution in [0.5, 0.6) is 0 Å². The van der Waals surface area contributed by atoms with E-state index in [0.29, 0.717) is 25.2 Å². The molecular weight excluding hydrogens is 282 g/mol. The number of nitrogens with zero attached hydrogens (tertiary/aromatic N) is 4. The molecule has 2 rings (SSSR count). The van der Waals surface area contributed by atoms with E-state index in [1.165, 1.54) is 4.68 Å². The minimum atomic E-state index is -0.508. The van der Waals surface area contributed by atoms with Gasteiger partial charge in [-0.2, -0.15) is 0 Å². The second-order valence-corrected chi connectivity index (χ2v) is 5.30. The molecule has 7 heteroatoms. The maximum absolute atomic E-state index is 12.5. The lowest BCUT2D eigenvalue weighted by atomic mass is 10.1. The molecule has 0 bridgehead atoms. The highest BCUT2D eigenvalue weighted by Crippen LogP contribution is 2.15. The average molecular weight is 303 g/mol. The molecule has 2 unspecified atom stereocenters.